The molecule has 3 rings (SSSR count). The number of aromatic nitrogens is 2. The number of carbonyl (C=O) groups is 1. The molecule has 10 heteroatoms. The molecule has 0 amide bonds. The summed E-state index contributed by atoms with van der Waals surface area (Å²) >= 11 is 0. The molecular weight excluding hydrogens is 344 g/mol. The number of benzene rings is 1. The van der Waals surface area contributed by atoms with Crippen LogP contribution in [0.2, 0.25) is 0 Å². The second kappa shape index (κ2) is 6.31. The van der Waals surface area contributed by atoms with Crippen LogP contribution >= 0.6 is 0 Å². The number of hydrogen-bond acceptors (Lipinski definition) is 7. The lowest BCUT2D eigenvalue weighted by Gasteiger charge is -2.28. The van der Waals surface area contributed by atoms with E-state index in [1.165, 1.54) is 25.3 Å². The van der Waals surface area contributed by atoms with Gasteiger partial charge in [0.05, 0.1) is 29.1 Å². The van der Waals surface area contributed by atoms with Gasteiger partial charge >= 0.3 is 11.7 Å². The van der Waals surface area contributed by atoms with Crippen molar-refractivity contribution in [3.8, 4) is 0 Å². The van der Waals surface area contributed by atoms with Crippen LogP contribution in [0.15, 0.2) is 45.1 Å². The third kappa shape index (κ3) is 2.77. The molecule has 134 valence electrons. The van der Waals surface area contributed by atoms with Crippen LogP contribution in [-0.4, -0.2) is 28.0 Å². The summed E-state index contributed by atoms with van der Waals surface area (Å²) in [6, 6.07) is 5.60. The number of non-ortho nitro benzene ring substituents is 1. The van der Waals surface area contributed by atoms with Gasteiger partial charge in [0.15, 0.2) is 0 Å². The molecule has 0 saturated carbocycles. The SMILES string of the molecule is COC(=O)C1=C(C)Nc2[nH]c(=O)[nH]c(=O)c2C1c1cccc([N+](=O)[O-])c1. The average molecular weight is 358 g/mol. The van der Waals surface area contributed by atoms with E-state index >= 15 is 0 Å². The van der Waals surface area contributed by atoms with Crippen LogP contribution < -0.4 is 16.6 Å². The molecule has 1 aliphatic heterocycles. The summed E-state index contributed by atoms with van der Waals surface area (Å²) in [5.41, 5.74) is -0.712. The van der Waals surface area contributed by atoms with Crippen molar-refractivity contribution in [3.63, 3.8) is 0 Å². The lowest BCUT2D eigenvalue weighted by molar-refractivity contribution is -0.384. The normalized spacial score (nSPS) is 15.8. The number of hydrogen-bond donors (Lipinski definition) is 3. The lowest BCUT2D eigenvalue weighted by atomic mass is 9.82. The highest BCUT2D eigenvalue weighted by molar-refractivity contribution is 5.94. The molecule has 0 radical (unpaired) electrons. The topological polar surface area (TPSA) is 147 Å². The predicted octanol–water partition coefficient (Wildman–Crippen LogP) is 0.976. The van der Waals surface area contributed by atoms with Gasteiger partial charge in [0.1, 0.15) is 5.82 Å². The Labute approximate surface area is 145 Å². The number of methoxy groups -OCH3 is 1. The second-order valence-electron chi connectivity index (χ2n) is 5.64. The van der Waals surface area contributed by atoms with Gasteiger partial charge in [0, 0.05) is 17.8 Å². The molecule has 2 heterocycles. The zero-order valence-electron chi connectivity index (χ0n) is 13.8. The standard InChI is InChI=1S/C16H14N4O6/c1-7-10(15(22)26-2)11(8-4-3-5-9(6-8)20(24)25)12-13(17-7)18-16(23)19-14(12)21/h3-6,11H,1-2H3,(H3,17,18,19,21,23). The van der Waals surface area contributed by atoms with Gasteiger partial charge < -0.3 is 10.1 Å². The molecule has 26 heavy (non-hydrogen) atoms. The molecule has 1 aliphatic rings. The summed E-state index contributed by atoms with van der Waals surface area (Å²) in [6.45, 7) is 1.58. The van der Waals surface area contributed by atoms with Crippen molar-refractivity contribution in [2.24, 2.45) is 0 Å². The number of H-pyrrole nitrogens is 2. The number of anilines is 1. The maximum absolute atomic E-state index is 12.4. The van der Waals surface area contributed by atoms with Gasteiger partial charge in [-0.15, -0.1) is 0 Å². The molecule has 2 aromatic rings. The number of nitro groups is 1. The maximum atomic E-state index is 12.4. The molecule has 0 saturated heterocycles. The predicted molar refractivity (Wildman–Crippen MR) is 91.0 cm³/mol. The minimum absolute atomic E-state index is 0.0658. The van der Waals surface area contributed by atoms with Gasteiger partial charge in [-0.25, -0.2) is 9.59 Å². The molecule has 3 N–H and O–H groups in total. The fraction of sp³-hybridized carbons (Fsp3) is 0.188. The van der Waals surface area contributed by atoms with E-state index in [-0.39, 0.29) is 22.6 Å². The first-order valence-corrected chi connectivity index (χ1v) is 7.50. The third-order valence-electron chi connectivity index (χ3n) is 4.09. The summed E-state index contributed by atoms with van der Waals surface area (Å²) in [6.07, 6.45) is 0. The second-order valence-corrected chi connectivity index (χ2v) is 5.64. The van der Waals surface area contributed by atoms with Gasteiger partial charge in [0.25, 0.3) is 11.2 Å². The van der Waals surface area contributed by atoms with Crippen molar-refractivity contribution in [3.05, 3.63) is 77.6 Å². The van der Waals surface area contributed by atoms with E-state index in [1.54, 1.807) is 13.0 Å². The Balaban J connectivity index is 2.33. The first kappa shape index (κ1) is 17.1. The molecule has 1 atom stereocenters. The van der Waals surface area contributed by atoms with Crippen molar-refractivity contribution >= 4 is 17.5 Å². The fourth-order valence-corrected chi connectivity index (χ4v) is 3.02. The number of allylic oxidation sites excluding steroid dienone is 1. The maximum Gasteiger partial charge on any atom is 0.336 e. The Morgan fingerprint density at radius 3 is 2.65 bits per heavy atom. The van der Waals surface area contributed by atoms with E-state index in [2.05, 4.69) is 15.3 Å². The number of esters is 1. The van der Waals surface area contributed by atoms with Crippen LogP contribution in [0.3, 0.4) is 0 Å². The van der Waals surface area contributed by atoms with Gasteiger partial charge in [0.2, 0.25) is 0 Å². The van der Waals surface area contributed by atoms with Gasteiger partial charge in [-0.05, 0) is 12.5 Å². The largest absolute Gasteiger partial charge is 0.466 e. The molecule has 0 aliphatic carbocycles. The molecular formula is C16H14N4O6. The summed E-state index contributed by atoms with van der Waals surface area (Å²) in [4.78, 5) is 51.4. The highest BCUT2D eigenvalue weighted by atomic mass is 16.6. The summed E-state index contributed by atoms with van der Waals surface area (Å²) in [5.74, 6) is -1.51. The Morgan fingerprint density at radius 1 is 1.27 bits per heavy atom. The first-order valence-electron chi connectivity index (χ1n) is 7.50. The van der Waals surface area contributed by atoms with Crippen molar-refractivity contribution in [2.45, 2.75) is 12.8 Å². The number of rotatable bonds is 3. The van der Waals surface area contributed by atoms with E-state index in [4.69, 9.17) is 4.74 Å². The Hall–Kier alpha value is -3.69. The average Bonchev–Trinajstić information content (AvgIpc) is 2.59. The Bertz CT molecular complexity index is 1060. The van der Waals surface area contributed by atoms with Crippen molar-refractivity contribution in [1.82, 2.24) is 9.97 Å². The highest BCUT2D eigenvalue weighted by Crippen LogP contribution is 2.39. The summed E-state index contributed by atoms with van der Waals surface area (Å²) < 4.78 is 4.81. The van der Waals surface area contributed by atoms with Crippen molar-refractivity contribution in [1.29, 1.82) is 0 Å². The summed E-state index contributed by atoms with van der Waals surface area (Å²) in [5, 5.41) is 13.9. The number of ether oxygens (including phenoxy) is 1. The van der Waals surface area contributed by atoms with Gasteiger partial charge in [-0.3, -0.25) is 24.9 Å². The van der Waals surface area contributed by atoms with Crippen LogP contribution in [0.1, 0.15) is 24.0 Å². The van der Waals surface area contributed by atoms with Crippen LogP contribution in [0, 0.1) is 10.1 Å². The highest BCUT2D eigenvalue weighted by Gasteiger charge is 2.36. The Morgan fingerprint density at radius 2 is 2.00 bits per heavy atom. The quantitative estimate of drug-likeness (QED) is 0.421. The number of carbonyl (C=O) groups excluding carboxylic acids is 1. The summed E-state index contributed by atoms with van der Waals surface area (Å²) in [7, 11) is 1.19. The smallest absolute Gasteiger partial charge is 0.336 e. The van der Waals surface area contributed by atoms with Crippen molar-refractivity contribution < 1.29 is 14.5 Å². The van der Waals surface area contributed by atoms with Gasteiger partial charge in [-0.1, -0.05) is 12.1 Å². The Kier molecular flexibility index (Phi) is 4.16. The van der Waals surface area contributed by atoms with Crippen LogP contribution in [-0.2, 0) is 9.53 Å². The number of nitrogens with one attached hydrogen (secondary N) is 3. The van der Waals surface area contributed by atoms with E-state index in [0.717, 1.165) is 0 Å². The zero-order valence-corrected chi connectivity index (χ0v) is 13.8. The molecule has 0 fully saturated rings. The molecule has 0 bridgehead atoms. The van der Waals surface area contributed by atoms with E-state index in [9.17, 15) is 24.5 Å². The van der Waals surface area contributed by atoms with Crippen LogP contribution in [0.5, 0.6) is 0 Å². The number of nitrogens with zero attached hydrogens (tertiary/aromatic N) is 1. The van der Waals surface area contributed by atoms with Crippen LogP contribution in [0.4, 0.5) is 11.5 Å². The zero-order chi connectivity index (χ0) is 19.0. The molecule has 1 aromatic heterocycles. The monoisotopic (exact) mass is 358 g/mol. The molecule has 0 spiro atoms. The number of aromatic amines is 2. The van der Waals surface area contributed by atoms with E-state index in [1.807, 2.05) is 0 Å². The first-order chi connectivity index (χ1) is 12.3. The van der Waals surface area contributed by atoms with Crippen molar-refractivity contribution in [2.75, 3.05) is 12.4 Å². The lowest BCUT2D eigenvalue weighted by Crippen LogP contribution is -2.34. The van der Waals surface area contributed by atoms with E-state index < -0.39 is 28.1 Å². The minimum atomic E-state index is -0.945. The number of nitro benzene ring substituents is 1. The van der Waals surface area contributed by atoms with Gasteiger partial charge in [-0.2, -0.15) is 0 Å². The molecule has 10 nitrogen and oxygen atoms in total. The molecule has 1 aromatic carbocycles. The minimum Gasteiger partial charge on any atom is -0.466 e. The van der Waals surface area contributed by atoms with E-state index in [0.29, 0.717) is 11.3 Å². The fourth-order valence-electron chi connectivity index (χ4n) is 3.02. The third-order valence-corrected chi connectivity index (χ3v) is 4.09. The number of fused-ring (bicyclic) bond motifs is 1. The molecule has 1 unspecified atom stereocenters. The van der Waals surface area contributed by atoms with Crippen LogP contribution in [0.25, 0.3) is 0 Å².